The van der Waals surface area contributed by atoms with E-state index in [2.05, 4.69) is 4.98 Å². The molecule has 1 saturated heterocycles. The summed E-state index contributed by atoms with van der Waals surface area (Å²) in [6, 6.07) is 16.0. The molecule has 2 aliphatic rings. The molecule has 3 atom stereocenters. The molecule has 0 saturated carbocycles. The third-order valence-electron chi connectivity index (χ3n) is 6.07. The van der Waals surface area contributed by atoms with Gasteiger partial charge >= 0.3 is 5.69 Å². The maximum Gasteiger partial charge on any atom is 0.330 e. The summed E-state index contributed by atoms with van der Waals surface area (Å²) in [5.41, 5.74) is 0.724. The fraction of sp³-hybridized carbons (Fsp3) is 0.231. The number of hydroxylamine groups is 2. The van der Waals surface area contributed by atoms with Crippen molar-refractivity contribution in [3.05, 3.63) is 110 Å². The topological polar surface area (TPSA) is 120 Å². The molecule has 3 aromatic rings. The number of aromatic amines is 1. The standard InChI is InChI=1S/C26H23N3O7/c1-16-14-28(26(33)27-23(16)30)22-13-20(34-12-11-17-7-3-2-4-8-17)21(36-22)15-35-29-24(31)18-9-5-6-10-19(18)25(29)32/h2-12,14,20-22H,13,15H2,1H3,(H,27,30,33)/t20?,21-,22-/m1/s1. The predicted molar refractivity (Wildman–Crippen MR) is 128 cm³/mol. The fourth-order valence-electron chi connectivity index (χ4n) is 4.18. The third-order valence-corrected chi connectivity index (χ3v) is 6.07. The molecule has 2 aliphatic heterocycles. The highest BCUT2D eigenvalue weighted by molar-refractivity contribution is 6.20. The SMILES string of the molecule is Cc1cn([C@H]2CC(OC=Cc3ccccc3)[C@@H](CON3C(=O)c4ccccc4C3=O)O2)c(=O)[nH]c1=O. The van der Waals surface area contributed by atoms with Crippen LogP contribution in [0.5, 0.6) is 0 Å². The van der Waals surface area contributed by atoms with Crippen LogP contribution in [0.25, 0.3) is 6.08 Å². The maximum absolute atomic E-state index is 12.6. The van der Waals surface area contributed by atoms with Crippen LogP contribution in [0.1, 0.15) is 44.5 Å². The number of carbonyl (C=O) groups is 2. The van der Waals surface area contributed by atoms with Gasteiger partial charge in [-0.05, 0) is 30.7 Å². The first-order chi connectivity index (χ1) is 17.4. The van der Waals surface area contributed by atoms with Gasteiger partial charge in [-0.25, -0.2) is 4.79 Å². The third kappa shape index (κ3) is 4.51. The zero-order valence-corrected chi connectivity index (χ0v) is 19.3. The van der Waals surface area contributed by atoms with Crippen molar-refractivity contribution in [2.24, 2.45) is 0 Å². The van der Waals surface area contributed by atoms with E-state index in [-0.39, 0.29) is 24.2 Å². The van der Waals surface area contributed by atoms with Gasteiger partial charge in [-0.1, -0.05) is 42.5 Å². The van der Waals surface area contributed by atoms with Gasteiger partial charge in [0.15, 0.2) is 0 Å². The van der Waals surface area contributed by atoms with Gasteiger partial charge in [-0.3, -0.25) is 28.8 Å². The molecule has 36 heavy (non-hydrogen) atoms. The van der Waals surface area contributed by atoms with Gasteiger partial charge in [-0.15, -0.1) is 5.06 Å². The number of H-pyrrole nitrogens is 1. The minimum Gasteiger partial charge on any atom is -0.495 e. The summed E-state index contributed by atoms with van der Waals surface area (Å²) in [4.78, 5) is 57.3. The Morgan fingerprint density at radius 1 is 1.00 bits per heavy atom. The first kappa shape index (κ1) is 23.5. The molecule has 2 amide bonds. The van der Waals surface area contributed by atoms with Gasteiger partial charge in [0, 0.05) is 18.2 Å². The lowest BCUT2D eigenvalue weighted by Gasteiger charge is -2.21. The molecular weight excluding hydrogens is 466 g/mol. The van der Waals surface area contributed by atoms with Crippen molar-refractivity contribution in [1.82, 2.24) is 14.6 Å². The molecule has 1 fully saturated rings. The minimum atomic E-state index is -0.751. The number of carbonyl (C=O) groups excluding carboxylic acids is 2. The number of rotatable bonds is 7. The minimum absolute atomic E-state index is 0.178. The summed E-state index contributed by atoms with van der Waals surface area (Å²) in [6.45, 7) is 1.41. The Balaban J connectivity index is 1.34. The number of fused-ring (bicyclic) bond motifs is 1. The van der Waals surface area contributed by atoms with Crippen molar-refractivity contribution in [3.8, 4) is 0 Å². The summed E-state index contributed by atoms with van der Waals surface area (Å²) < 4.78 is 13.3. The molecule has 184 valence electrons. The van der Waals surface area contributed by atoms with E-state index in [4.69, 9.17) is 14.3 Å². The van der Waals surface area contributed by atoms with Gasteiger partial charge in [0.1, 0.15) is 25.0 Å². The van der Waals surface area contributed by atoms with Crippen molar-refractivity contribution in [2.75, 3.05) is 6.61 Å². The molecule has 10 heteroatoms. The number of imide groups is 1. The van der Waals surface area contributed by atoms with E-state index in [1.165, 1.54) is 17.0 Å². The second kappa shape index (κ2) is 9.76. The molecule has 1 N–H and O–H groups in total. The number of aromatic nitrogens is 2. The lowest BCUT2D eigenvalue weighted by molar-refractivity contribution is -0.141. The zero-order valence-electron chi connectivity index (χ0n) is 19.3. The number of hydrogen-bond acceptors (Lipinski definition) is 7. The van der Waals surface area contributed by atoms with Crippen LogP contribution in [-0.4, -0.2) is 45.2 Å². The van der Waals surface area contributed by atoms with Crippen molar-refractivity contribution < 1.29 is 23.9 Å². The average Bonchev–Trinajstić information content (AvgIpc) is 3.39. The zero-order chi connectivity index (χ0) is 25.2. The molecule has 0 aliphatic carbocycles. The second-order valence-electron chi connectivity index (χ2n) is 8.48. The molecule has 10 nitrogen and oxygen atoms in total. The van der Waals surface area contributed by atoms with Crippen LogP contribution in [0.3, 0.4) is 0 Å². The normalized spacial score (nSPS) is 21.4. The predicted octanol–water partition coefficient (Wildman–Crippen LogP) is 2.42. The number of ether oxygens (including phenoxy) is 2. The summed E-state index contributed by atoms with van der Waals surface area (Å²) in [7, 11) is 0. The molecule has 0 bridgehead atoms. The van der Waals surface area contributed by atoms with Crippen molar-refractivity contribution in [1.29, 1.82) is 0 Å². The summed E-state index contributed by atoms with van der Waals surface area (Å²) in [6.07, 6.45) is 2.96. The van der Waals surface area contributed by atoms with E-state index >= 15 is 0 Å². The van der Waals surface area contributed by atoms with Gasteiger partial charge in [0.2, 0.25) is 0 Å². The summed E-state index contributed by atoms with van der Waals surface area (Å²) in [5.74, 6) is -1.11. The number of hydrogen-bond donors (Lipinski definition) is 1. The Labute approximate surface area is 205 Å². The Kier molecular flexibility index (Phi) is 6.36. The van der Waals surface area contributed by atoms with Crippen LogP contribution in [0.2, 0.25) is 0 Å². The van der Waals surface area contributed by atoms with E-state index < -0.39 is 41.5 Å². The van der Waals surface area contributed by atoms with Crippen molar-refractivity contribution in [3.63, 3.8) is 0 Å². The van der Waals surface area contributed by atoms with E-state index in [0.29, 0.717) is 10.6 Å². The van der Waals surface area contributed by atoms with Crippen molar-refractivity contribution >= 4 is 17.9 Å². The monoisotopic (exact) mass is 489 g/mol. The Morgan fingerprint density at radius 2 is 1.67 bits per heavy atom. The van der Waals surface area contributed by atoms with E-state index in [9.17, 15) is 19.2 Å². The molecule has 0 spiro atoms. The average molecular weight is 489 g/mol. The van der Waals surface area contributed by atoms with Crippen LogP contribution in [0.15, 0.2) is 76.6 Å². The first-order valence-corrected chi connectivity index (χ1v) is 11.4. The van der Waals surface area contributed by atoms with E-state index in [1.807, 2.05) is 30.3 Å². The highest BCUT2D eigenvalue weighted by Crippen LogP contribution is 2.31. The van der Waals surface area contributed by atoms with Gasteiger partial charge < -0.3 is 9.47 Å². The van der Waals surface area contributed by atoms with Gasteiger partial charge in [0.05, 0.1) is 17.4 Å². The fourth-order valence-corrected chi connectivity index (χ4v) is 4.18. The molecule has 1 unspecified atom stereocenters. The highest BCUT2D eigenvalue weighted by atomic mass is 16.7. The molecule has 1 aromatic heterocycles. The molecular formula is C26H23N3O7. The number of amides is 2. The van der Waals surface area contributed by atoms with E-state index in [0.717, 1.165) is 5.56 Å². The quantitative estimate of drug-likeness (QED) is 0.400. The summed E-state index contributed by atoms with van der Waals surface area (Å²) >= 11 is 0. The van der Waals surface area contributed by atoms with E-state index in [1.54, 1.807) is 37.3 Å². The van der Waals surface area contributed by atoms with Crippen molar-refractivity contribution in [2.45, 2.75) is 31.8 Å². The Morgan fingerprint density at radius 3 is 2.36 bits per heavy atom. The first-order valence-electron chi connectivity index (χ1n) is 11.4. The molecule has 3 heterocycles. The van der Waals surface area contributed by atoms with Crippen LogP contribution in [0, 0.1) is 6.92 Å². The molecule has 5 rings (SSSR count). The van der Waals surface area contributed by atoms with Crippen LogP contribution < -0.4 is 11.2 Å². The number of nitrogens with one attached hydrogen (secondary N) is 1. The number of benzene rings is 2. The van der Waals surface area contributed by atoms with Crippen LogP contribution >= 0.6 is 0 Å². The Bertz CT molecular complexity index is 1410. The maximum atomic E-state index is 12.6. The number of nitrogens with zero attached hydrogens (tertiary/aromatic N) is 2. The lowest BCUT2D eigenvalue weighted by atomic mass is 10.1. The lowest BCUT2D eigenvalue weighted by Crippen LogP contribution is -2.36. The summed E-state index contributed by atoms with van der Waals surface area (Å²) in [5, 5.41) is 0.717. The van der Waals surface area contributed by atoms with Gasteiger partial charge in [0.25, 0.3) is 17.4 Å². The highest BCUT2D eigenvalue weighted by Gasteiger charge is 2.41. The molecule has 0 radical (unpaired) electrons. The second-order valence-corrected chi connectivity index (χ2v) is 8.48. The van der Waals surface area contributed by atoms with Crippen LogP contribution in [0.4, 0.5) is 0 Å². The Hall–Kier alpha value is -4.28. The smallest absolute Gasteiger partial charge is 0.330 e. The largest absolute Gasteiger partial charge is 0.495 e. The number of aryl methyl sites for hydroxylation is 1. The van der Waals surface area contributed by atoms with Crippen LogP contribution in [-0.2, 0) is 14.3 Å². The van der Waals surface area contributed by atoms with Gasteiger partial charge in [-0.2, -0.15) is 0 Å². The molecule has 2 aromatic carbocycles.